The molecule has 2 aromatic heterocycles. The third-order valence-corrected chi connectivity index (χ3v) is 12.5. The molecule has 0 fully saturated rings. The number of hydrogen-bond acceptors (Lipinski definition) is 9. The van der Waals surface area contributed by atoms with E-state index in [0.717, 1.165) is 22.8 Å². The SMILES string of the molecule is COC(=O)N[C@H](C(=O)C[C@H](c1ccc([C@@H](CO)N(C(C)C)S(=O)(=O)c2cc(N)cs2)s1)C(F)(F)F)C(c1ccccc1)c1ccccc1. The van der Waals surface area contributed by atoms with Crippen LogP contribution in [-0.2, 0) is 19.6 Å². The number of alkyl halides is 3. The number of benzene rings is 2. The molecule has 0 aliphatic heterocycles. The Hall–Kier alpha value is -3.76. The first kappa shape index (κ1) is 37.1. The quantitative estimate of drug-likeness (QED) is 0.132. The summed E-state index contributed by atoms with van der Waals surface area (Å²) < 4.78 is 77.2. The van der Waals surface area contributed by atoms with Gasteiger partial charge in [-0.2, -0.15) is 17.5 Å². The number of nitrogens with one attached hydrogen (secondary N) is 1. The van der Waals surface area contributed by atoms with E-state index < -0.39 is 71.1 Å². The van der Waals surface area contributed by atoms with Crippen molar-refractivity contribution in [3.05, 3.63) is 105 Å². The molecule has 0 bridgehead atoms. The molecule has 9 nitrogen and oxygen atoms in total. The van der Waals surface area contributed by atoms with Gasteiger partial charge in [-0.1, -0.05) is 60.7 Å². The zero-order valence-electron chi connectivity index (χ0n) is 26.3. The summed E-state index contributed by atoms with van der Waals surface area (Å²) in [5, 5.41) is 14.3. The number of carbonyl (C=O) groups excluding carboxylic acids is 2. The molecule has 0 aliphatic rings. The van der Waals surface area contributed by atoms with Crippen molar-refractivity contribution >= 4 is 50.3 Å². The van der Waals surface area contributed by atoms with E-state index in [0.29, 0.717) is 22.5 Å². The molecule has 0 radical (unpaired) electrons. The molecule has 0 saturated carbocycles. The van der Waals surface area contributed by atoms with Crippen LogP contribution in [0.1, 0.15) is 59.0 Å². The first-order chi connectivity index (χ1) is 22.7. The highest BCUT2D eigenvalue weighted by Gasteiger charge is 2.46. The number of anilines is 1. The number of thiophene rings is 2. The van der Waals surface area contributed by atoms with Crippen molar-refractivity contribution in [2.24, 2.45) is 0 Å². The maximum atomic E-state index is 14.8. The van der Waals surface area contributed by atoms with Crippen molar-refractivity contribution < 1.29 is 41.0 Å². The third kappa shape index (κ3) is 8.44. The van der Waals surface area contributed by atoms with Crippen molar-refractivity contribution in [3.8, 4) is 0 Å². The van der Waals surface area contributed by atoms with E-state index in [-0.39, 0.29) is 19.7 Å². The van der Waals surface area contributed by atoms with Crippen LogP contribution in [0.5, 0.6) is 0 Å². The Bertz CT molecular complexity index is 1740. The second-order valence-electron chi connectivity index (χ2n) is 11.2. The lowest BCUT2D eigenvalue weighted by atomic mass is 9.81. The molecule has 48 heavy (non-hydrogen) atoms. The number of aliphatic hydroxyl groups excluding tert-OH is 1. The molecule has 15 heteroatoms. The van der Waals surface area contributed by atoms with E-state index >= 15 is 0 Å². The number of carbonyl (C=O) groups is 2. The molecule has 1 amide bonds. The van der Waals surface area contributed by atoms with Crippen molar-refractivity contribution in [2.75, 3.05) is 19.5 Å². The lowest BCUT2D eigenvalue weighted by molar-refractivity contribution is -0.156. The Labute approximate surface area is 285 Å². The minimum Gasteiger partial charge on any atom is -0.453 e. The molecule has 0 saturated heterocycles. The number of nitrogens with zero attached hydrogens (tertiary/aromatic N) is 1. The normalized spacial score (nSPS) is 14.2. The molecule has 258 valence electrons. The lowest BCUT2D eigenvalue weighted by Gasteiger charge is -2.32. The number of halogens is 3. The highest BCUT2D eigenvalue weighted by Crippen LogP contribution is 2.44. The molecular weight excluding hydrogens is 688 g/mol. The predicted octanol–water partition coefficient (Wildman–Crippen LogP) is 6.69. The molecule has 2 heterocycles. The molecule has 2 aromatic carbocycles. The Morgan fingerprint density at radius 1 is 0.979 bits per heavy atom. The molecular formula is C33H36F3N3O6S3. The van der Waals surface area contributed by atoms with Crippen molar-refractivity contribution in [1.82, 2.24) is 9.62 Å². The van der Waals surface area contributed by atoms with E-state index in [1.54, 1.807) is 74.5 Å². The first-order valence-electron chi connectivity index (χ1n) is 14.8. The van der Waals surface area contributed by atoms with Gasteiger partial charge >= 0.3 is 12.3 Å². The number of ketones is 1. The maximum absolute atomic E-state index is 14.8. The average Bonchev–Trinajstić information content (AvgIpc) is 3.72. The highest BCUT2D eigenvalue weighted by atomic mass is 32.2. The van der Waals surface area contributed by atoms with Gasteiger partial charge in [0.25, 0.3) is 10.0 Å². The Morgan fingerprint density at radius 3 is 2.00 bits per heavy atom. The first-order valence-corrected chi connectivity index (χ1v) is 17.9. The summed E-state index contributed by atoms with van der Waals surface area (Å²) in [6.45, 7) is 2.47. The van der Waals surface area contributed by atoms with Crippen molar-refractivity contribution in [2.45, 2.75) is 60.6 Å². The van der Waals surface area contributed by atoms with Gasteiger partial charge in [0.1, 0.15) is 10.3 Å². The van der Waals surface area contributed by atoms with Gasteiger partial charge in [-0.15, -0.1) is 22.7 Å². The highest BCUT2D eigenvalue weighted by molar-refractivity contribution is 7.91. The van der Waals surface area contributed by atoms with E-state index in [2.05, 4.69) is 5.32 Å². The zero-order chi connectivity index (χ0) is 35.2. The third-order valence-electron chi connectivity index (χ3n) is 7.69. The minimum absolute atomic E-state index is 0.0711. The van der Waals surface area contributed by atoms with Crippen LogP contribution in [0, 0.1) is 0 Å². The number of nitrogens with two attached hydrogens (primary N) is 1. The summed E-state index contributed by atoms with van der Waals surface area (Å²) in [6, 6.07) is 17.8. The van der Waals surface area contributed by atoms with Crippen LogP contribution in [0.3, 0.4) is 0 Å². The van der Waals surface area contributed by atoms with Gasteiger partial charge in [0, 0.05) is 39.2 Å². The Kier molecular flexibility index (Phi) is 12.1. The molecule has 0 unspecified atom stereocenters. The van der Waals surface area contributed by atoms with Crippen LogP contribution in [0.4, 0.5) is 23.7 Å². The van der Waals surface area contributed by atoms with Crippen LogP contribution in [-0.4, -0.2) is 61.7 Å². The molecule has 0 spiro atoms. The van der Waals surface area contributed by atoms with E-state index in [1.165, 1.54) is 23.6 Å². The van der Waals surface area contributed by atoms with Gasteiger partial charge < -0.3 is 20.9 Å². The van der Waals surface area contributed by atoms with Crippen LogP contribution in [0.15, 0.2) is 88.5 Å². The Morgan fingerprint density at radius 2 is 1.54 bits per heavy atom. The number of amides is 1. The molecule has 4 aromatic rings. The predicted molar refractivity (Wildman–Crippen MR) is 180 cm³/mol. The van der Waals surface area contributed by atoms with E-state index in [4.69, 9.17) is 10.5 Å². The smallest absolute Gasteiger partial charge is 0.407 e. The fraction of sp³-hybridized carbons (Fsp3) is 0.333. The number of sulfonamides is 1. The van der Waals surface area contributed by atoms with Crippen LogP contribution in [0.25, 0.3) is 0 Å². The summed E-state index contributed by atoms with van der Waals surface area (Å²) in [5.41, 5.74) is 7.16. The maximum Gasteiger partial charge on any atom is 0.407 e. The molecule has 4 N–H and O–H groups in total. The monoisotopic (exact) mass is 723 g/mol. The number of aliphatic hydroxyl groups is 1. The van der Waals surface area contributed by atoms with Gasteiger partial charge in [0.05, 0.1) is 25.7 Å². The van der Waals surface area contributed by atoms with E-state index in [1.807, 2.05) is 0 Å². The fourth-order valence-electron chi connectivity index (χ4n) is 5.54. The number of nitrogen functional groups attached to an aromatic ring is 1. The number of rotatable bonds is 14. The van der Waals surface area contributed by atoms with Crippen molar-refractivity contribution in [1.29, 1.82) is 0 Å². The summed E-state index contributed by atoms with van der Waals surface area (Å²) in [6.07, 6.45) is -6.91. The second kappa shape index (κ2) is 15.6. The summed E-state index contributed by atoms with van der Waals surface area (Å²) in [5.74, 6) is -4.03. The van der Waals surface area contributed by atoms with Gasteiger partial charge in [-0.25, -0.2) is 13.2 Å². The zero-order valence-corrected chi connectivity index (χ0v) is 28.7. The molecule has 4 rings (SSSR count). The van der Waals surface area contributed by atoms with Gasteiger partial charge in [0.15, 0.2) is 5.78 Å². The molecule has 0 aliphatic carbocycles. The van der Waals surface area contributed by atoms with Crippen molar-refractivity contribution in [3.63, 3.8) is 0 Å². The number of ether oxygens (including phenoxy) is 1. The minimum atomic E-state index is -4.89. The Balaban J connectivity index is 1.73. The van der Waals surface area contributed by atoms with Crippen LogP contribution >= 0.6 is 22.7 Å². The fourth-order valence-corrected chi connectivity index (χ4v) is 9.82. The van der Waals surface area contributed by atoms with Gasteiger partial charge in [0.2, 0.25) is 0 Å². The number of Topliss-reactive ketones (excluding diaryl/α,β-unsaturated/α-hetero) is 1. The summed E-state index contributed by atoms with van der Waals surface area (Å²) in [4.78, 5) is 26.4. The van der Waals surface area contributed by atoms with Crippen LogP contribution in [0.2, 0.25) is 0 Å². The van der Waals surface area contributed by atoms with E-state index in [9.17, 15) is 36.3 Å². The van der Waals surface area contributed by atoms with Crippen LogP contribution < -0.4 is 11.1 Å². The lowest BCUT2D eigenvalue weighted by Crippen LogP contribution is -2.46. The van der Waals surface area contributed by atoms with Gasteiger partial charge in [-0.05, 0) is 43.2 Å². The summed E-state index contributed by atoms with van der Waals surface area (Å²) in [7, 11) is -3.10. The number of alkyl carbamates (subject to hydrolysis) is 1. The summed E-state index contributed by atoms with van der Waals surface area (Å²) >= 11 is 1.56. The topological polar surface area (TPSA) is 139 Å². The van der Waals surface area contributed by atoms with Gasteiger partial charge in [-0.3, -0.25) is 4.79 Å². The number of methoxy groups -OCH3 is 1. The largest absolute Gasteiger partial charge is 0.453 e. The molecule has 3 atom stereocenters. The standard InChI is InChI=1S/C33H36F3N3O6S3/c1-20(2)39(48(43,44)29-16-23(37)19-46-29)25(18-40)28-15-14-27(47-28)24(33(34,35)36)17-26(41)31(38-32(42)45-3)30(21-10-6-4-7-11-21)22-12-8-5-9-13-22/h4-16,19-20,24-25,30-31,40H,17-18,37H2,1-3H3,(H,38,42)/t24-,25-,31-/m1/s1. The second-order valence-corrected chi connectivity index (χ2v) is 15.4. The number of hydrogen-bond donors (Lipinski definition) is 3. The average molecular weight is 724 g/mol.